The zero-order valence-corrected chi connectivity index (χ0v) is 12.9. The molecule has 1 saturated carbocycles. The van der Waals surface area contributed by atoms with Crippen molar-refractivity contribution in [2.24, 2.45) is 5.41 Å². The molecule has 1 heterocycles. The maximum Gasteiger partial charge on any atom is 0.261 e. The number of carbonyl (C=O) groups excluding carboxylic acids is 1. The summed E-state index contributed by atoms with van der Waals surface area (Å²) in [6.45, 7) is 8.21. The van der Waals surface area contributed by atoms with Gasteiger partial charge in [-0.15, -0.1) is 11.3 Å². The molecule has 3 nitrogen and oxygen atoms in total. The van der Waals surface area contributed by atoms with Crippen LogP contribution in [0.1, 0.15) is 53.7 Å². The third-order valence-corrected chi connectivity index (χ3v) is 5.38. The van der Waals surface area contributed by atoms with Crippen LogP contribution in [0.5, 0.6) is 0 Å². The van der Waals surface area contributed by atoms with Gasteiger partial charge in [0.05, 0.1) is 11.0 Å². The Morgan fingerprint density at radius 3 is 2.79 bits per heavy atom. The van der Waals surface area contributed by atoms with Crippen LogP contribution < -0.4 is 5.32 Å². The molecule has 0 aromatic carbocycles. The average molecular weight is 281 g/mol. The minimum atomic E-state index is -0.307. The Labute approximate surface area is 119 Å². The summed E-state index contributed by atoms with van der Waals surface area (Å²) in [5, 5.41) is 12.7. The summed E-state index contributed by atoms with van der Waals surface area (Å²) in [7, 11) is 0. The quantitative estimate of drug-likeness (QED) is 0.891. The standard InChI is InChI=1S/C15H23NO2S/c1-5-6-10-7-11(19-9(10)2)14(18)16-12-8-13(17)15(12,3)4/h7,12-13,17H,5-6,8H2,1-4H3,(H,16,18). The summed E-state index contributed by atoms with van der Waals surface area (Å²) in [6.07, 6.45) is 2.48. The number of hydrogen-bond donors (Lipinski definition) is 2. The van der Waals surface area contributed by atoms with Crippen molar-refractivity contribution in [3.05, 3.63) is 21.4 Å². The van der Waals surface area contributed by atoms with Crippen LogP contribution >= 0.6 is 11.3 Å². The van der Waals surface area contributed by atoms with E-state index >= 15 is 0 Å². The number of amides is 1. The van der Waals surface area contributed by atoms with Gasteiger partial charge in [0.1, 0.15) is 0 Å². The fourth-order valence-corrected chi connectivity index (χ4v) is 3.50. The molecule has 1 amide bonds. The molecule has 1 fully saturated rings. The minimum absolute atomic E-state index is 0.000396. The van der Waals surface area contributed by atoms with E-state index in [0.717, 1.165) is 17.7 Å². The van der Waals surface area contributed by atoms with Crippen molar-refractivity contribution < 1.29 is 9.90 Å². The van der Waals surface area contributed by atoms with Crippen LogP contribution in [0.2, 0.25) is 0 Å². The van der Waals surface area contributed by atoms with Crippen molar-refractivity contribution in [1.29, 1.82) is 0 Å². The maximum absolute atomic E-state index is 12.2. The van der Waals surface area contributed by atoms with E-state index in [9.17, 15) is 9.90 Å². The van der Waals surface area contributed by atoms with Gasteiger partial charge in [-0.25, -0.2) is 0 Å². The highest BCUT2D eigenvalue weighted by molar-refractivity contribution is 7.14. The Morgan fingerprint density at radius 2 is 2.26 bits per heavy atom. The zero-order chi connectivity index (χ0) is 14.2. The first-order valence-electron chi connectivity index (χ1n) is 6.94. The molecule has 1 aromatic heterocycles. The number of aryl methyl sites for hydroxylation is 2. The van der Waals surface area contributed by atoms with Gasteiger partial charge in [-0.05, 0) is 31.4 Å². The van der Waals surface area contributed by atoms with Crippen molar-refractivity contribution in [1.82, 2.24) is 5.32 Å². The van der Waals surface area contributed by atoms with E-state index in [1.807, 2.05) is 19.9 Å². The number of aliphatic hydroxyl groups is 1. The van der Waals surface area contributed by atoms with Gasteiger partial charge in [-0.1, -0.05) is 27.2 Å². The maximum atomic E-state index is 12.2. The molecular weight excluding hydrogens is 258 g/mol. The van der Waals surface area contributed by atoms with Crippen LogP contribution in [0.4, 0.5) is 0 Å². The molecule has 0 bridgehead atoms. The van der Waals surface area contributed by atoms with E-state index in [1.54, 1.807) is 11.3 Å². The van der Waals surface area contributed by atoms with Gasteiger partial charge < -0.3 is 10.4 Å². The van der Waals surface area contributed by atoms with E-state index in [1.165, 1.54) is 10.4 Å². The predicted molar refractivity (Wildman–Crippen MR) is 78.7 cm³/mol. The monoisotopic (exact) mass is 281 g/mol. The first kappa shape index (κ1) is 14.5. The molecule has 2 rings (SSSR count). The van der Waals surface area contributed by atoms with E-state index in [0.29, 0.717) is 6.42 Å². The topological polar surface area (TPSA) is 49.3 Å². The van der Waals surface area contributed by atoms with Crippen molar-refractivity contribution in [3.63, 3.8) is 0 Å². The first-order valence-corrected chi connectivity index (χ1v) is 7.76. The normalized spacial score (nSPS) is 24.9. The second kappa shape index (κ2) is 5.25. The molecule has 2 N–H and O–H groups in total. The molecule has 1 aliphatic carbocycles. The van der Waals surface area contributed by atoms with Crippen molar-refractivity contribution >= 4 is 17.2 Å². The molecule has 0 saturated heterocycles. The summed E-state index contributed by atoms with van der Waals surface area (Å²) in [5.41, 5.74) is 1.07. The summed E-state index contributed by atoms with van der Waals surface area (Å²) >= 11 is 1.57. The lowest BCUT2D eigenvalue weighted by molar-refractivity contribution is -0.0689. The molecule has 106 valence electrons. The lowest BCUT2D eigenvalue weighted by Gasteiger charge is -2.49. The Kier molecular flexibility index (Phi) is 4.02. The van der Waals surface area contributed by atoms with E-state index in [4.69, 9.17) is 0 Å². The van der Waals surface area contributed by atoms with Gasteiger partial charge in [0, 0.05) is 16.3 Å². The van der Waals surface area contributed by atoms with E-state index in [-0.39, 0.29) is 23.5 Å². The van der Waals surface area contributed by atoms with Gasteiger partial charge in [0.2, 0.25) is 0 Å². The molecule has 0 radical (unpaired) electrons. The van der Waals surface area contributed by atoms with Crippen LogP contribution in [0.3, 0.4) is 0 Å². The average Bonchev–Trinajstić information content (AvgIpc) is 2.71. The van der Waals surface area contributed by atoms with Gasteiger partial charge in [-0.2, -0.15) is 0 Å². The van der Waals surface area contributed by atoms with Crippen molar-refractivity contribution in [2.75, 3.05) is 0 Å². The van der Waals surface area contributed by atoms with Crippen LogP contribution in [0.25, 0.3) is 0 Å². The van der Waals surface area contributed by atoms with Gasteiger partial charge >= 0.3 is 0 Å². The summed E-state index contributed by atoms with van der Waals surface area (Å²) in [5.74, 6) is 0.000396. The molecule has 0 spiro atoms. The van der Waals surface area contributed by atoms with Crippen molar-refractivity contribution in [3.8, 4) is 0 Å². The van der Waals surface area contributed by atoms with Crippen LogP contribution in [0, 0.1) is 12.3 Å². The molecule has 19 heavy (non-hydrogen) atoms. The Balaban J connectivity index is 2.03. The summed E-state index contributed by atoms with van der Waals surface area (Å²) < 4.78 is 0. The second-order valence-electron chi connectivity index (χ2n) is 6.04. The lowest BCUT2D eigenvalue weighted by Crippen LogP contribution is -2.61. The van der Waals surface area contributed by atoms with Gasteiger partial charge in [0.25, 0.3) is 5.91 Å². The minimum Gasteiger partial charge on any atom is -0.392 e. The highest BCUT2D eigenvalue weighted by atomic mass is 32.1. The van der Waals surface area contributed by atoms with E-state index in [2.05, 4.69) is 19.2 Å². The molecule has 0 aliphatic heterocycles. The number of carbonyl (C=O) groups is 1. The highest BCUT2D eigenvalue weighted by Gasteiger charge is 2.48. The SMILES string of the molecule is CCCc1cc(C(=O)NC2CC(O)C2(C)C)sc1C. The van der Waals surface area contributed by atoms with Crippen LogP contribution in [0.15, 0.2) is 6.07 Å². The number of thiophene rings is 1. The van der Waals surface area contributed by atoms with Gasteiger partial charge in [-0.3, -0.25) is 4.79 Å². The van der Waals surface area contributed by atoms with Crippen LogP contribution in [-0.4, -0.2) is 23.2 Å². The fourth-order valence-electron chi connectivity index (χ4n) is 2.53. The number of hydrogen-bond acceptors (Lipinski definition) is 3. The lowest BCUT2D eigenvalue weighted by atomic mass is 9.64. The Bertz CT molecular complexity index is 478. The third-order valence-electron chi connectivity index (χ3n) is 4.28. The van der Waals surface area contributed by atoms with Crippen molar-refractivity contribution in [2.45, 2.75) is 59.1 Å². The molecule has 1 aromatic rings. The highest BCUT2D eigenvalue weighted by Crippen LogP contribution is 2.40. The van der Waals surface area contributed by atoms with Crippen LogP contribution in [-0.2, 0) is 6.42 Å². The summed E-state index contributed by atoms with van der Waals surface area (Å²) in [6, 6.07) is 2.09. The second-order valence-corrected chi connectivity index (χ2v) is 7.30. The molecule has 1 aliphatic rings. The Morgan fingerprint density at radius 1 is 1.58 bits per heavy atom. The van der Waals surface area contributed by atoms with E-state index < -0.39 is 0 Å². The molecule has 2 unspecified atom stereocenters. The first-order chi connectivity index (χ1) is 8.86. The molecular formula is C15H23NO2S. The van der Waals surface area contributed by atoms with Gasteiger partial charge in [0.15, 0.2) is 0 Å². The number of rotatable bonds is 4. The Hall–Kier alpha value is -0.870. The number of aliphatic hydroxyl groups excluding tert-OH is 1. The predicted octanol–water partition coefficient (Wildman–Crippen LogP) is 2.90. The molecule has 2 atom stereocenters. The molecule has 4 heteroatoms. The smallest absolute Gasteiger partial charge is 0.261 e. The zero-order valence-electron chi connectivity index (χ0n) is 12.1. The summed E-state index contributed by atoms with van der Waals surface area (Å²) in [4.78, 5) is 14.3. The third kappa shape index (κ3) is 2.70. The largest absolute Gasteiger partial charge is 0.392 e. The number of nitrogens with one attached hydrogen (secondary N) is 1. The fraction of sp³-hybridized carbons (Fsp3) is 0.667.